The molecule has 1 fully saturated rings. The van der Waals surface area contributed by atoms with Crippen LogP contribution in [0.1, 0.15) is 31.7 Å². The Morgan fingerprint density at radius 3 is 2.82 bits per heavy atom. The van der Waals surface area contributed by atoms with E-state index in [1.165, 1.54) is 12.8 Å². The lowest BCUT2D eigenvalue weighted by atomic mass is 9.85. The molecule has 1 N–H and O–H groups in total. The fraction of sp³-hybridized carbons (Fsp3) is 0.588. The van der Waals surface area contributed by atoms with Crippen LogP contribution >= 0.6 is 24.0 Å². The molecule has 1 aromatic rings. The van der Waals surface area contributed by atoms with Crippen LogP contribution in [0.3, 0.4) is 0 Å². The molecule has 1 aliphatic heterocycles. The number of hydrogen-bond donors (Lipinski definition) is 1. The highest BCUT2D eigenvalue weighted by Crippen LogP contribution is 2.24. The van der Waals surface area contributed by atoms with Gasteiger partial charge >= 0.3 is 0 Å². The van der Waals surface area contributed by atoms with Crippen molar-refractivity contribution in [2.24, 2.45) is 11.8 Å². The summed E-state index contributed by atoms with van der Waals surface area (Å²) >= 11 is 6.15. The first-order valence-corrected chi connectivity index (χ1v) is 8.14. The van der Waals surface area contributed by atoms with E-state index in [0.717, 1.165) is 23.7 Å². The molecule has 1 saturated heterocycles. The first kappa shape index (κ1) is 19.3. The zero-order chi connectivity index (χ0) is 15.2. The Morgan fingerprint density at radius 2 is 2.18 bits per heavy atom. The monoisotopic (exact) mass is 344 g/mol. The van der Waals surface area contributed by atoms with Gasteiger partial charge < -0.3 is 10.2 Å². The lowest BCUT2D eigenvalue weighted by Crippen LogP contribution is -2.36. The van der Waals surface area contributed by atoms with Gasteiger partial charge in [-0.25, -0.2) is 0 Å². The Bertz CT molecular complexity index is 475. The van der Waals surface area contributed by atoms with E-state index >= 15 is 0 Å². The molecule has 1 aromatic carbocycles. The van der Waals surface area contributed by atoms with Crippen LogP contribution in [0.25, 0.3) is 0 Å². The van der Waals surface area contributed by atoms with E-state index in [1.54, 1.807) is 4.90 Å². The Morgan fingerprint density at radius 1 is 1.45 bits per heavy atom. The minimum Gasteiger partial charge on any atom is -0.341 e. The number of hydrogen-bond acceptors (Lipinski definition) is 2. The fourth-order valence-corrected chi connectivity index (χ4v) is 3.13. The van der Waals surface area contributed by atoms with Crippen LogP contribution < -0.4 is 5.32 Å². The maximum Gasteiger partial charge on any atom is 0.222 e. The molecule has 0 aromatic heterocycles. The molecule has 2 atom stereocenters. The zero-order valence-corrected chi connectivity index (χ0v) is 14.9. The molecular formula is C17H26Cl2N2O. The van der Waals surface area contributed by atoms with Crippen LogP contribution in [0.5, 0.6) is 0 Å². The first-order valence-electron chi connectivity index (χ1n) is 7.76. The third-order valence-electron chi connectivity index (χ3n) is 4.43. The van der Waals surface area contributed by atoms with Gasteiger partial charge in [0.25, 0.3) is 0 Å². The number of carbonyl (C=O) groups excluding carboxylic acids is 1. The van der Waals surface area contributed by atoms with Gasteiger partial charge in [0.2, 0.25) is 5.91 Å². The smallest absolute Gasteiger partial charge is 0.222 e. The molecule has 1 amide bonds. The van der Waals surface area contributed by atoms with Gasteiger partial charge in [-0.15, -0.1) is 12.4 Å². The molecule has 3 nitrogen and oxygen atoms in total. The average molecular weight is 345 g/mol. The van der Waals surface area contributed by atoms with E-state index in [-0.39, 0.29) is 18.3 Å². The molecule has 5 heteroatoms. The third kappa shape index (κ3) is 5.45. The number of rotatable bonds is 5. The van der Waals surface area contributed by atoms with Gasteiger partial charge in [0.15, 0.2) is 0 Å². The molecule has 1 aliphatic rings. The van der Waals surface area contributed by atoms with Gasteiger partial charge in [0, 0.05) is 25.0 Å². The Balaban J connectivity index is 0.00000242. The second-order valence-electron chi connectivity index (χ2n) is 6.13. The van der Waals surface area contributed by atoms with Gasteiger partial charge in [-0.1, -0.05) is 36.7 Å². The number of piperidine rings is 1. The topological polar surface area (TPSA) is 32.3 Å². The zero-order valence-electron chi connectivity index (χ0n) is 13.3. The summed E-state index contributed by atoms with van der Waals surface area (Å²) in [6, 6.07) is 7.70. The second kappa shape index (κ2) is 9.39. The molecule has 0 saturated carbocycles. The number of carbonyl (C=O) groups is 1. The van der Waals surface area contributed by atoms with Crippen molar-refractivity contribution in [1.82, 2.24) is 10.2 Å². The number of nitrogens with one attached hydrogen (secondary N) is 1. The first-order chi connectivity index (χ1) is 10.1. The quantitative estimate of drug-likeness (QED) is 0.882. The van der Waals surface area contributed by atoms with Crippen LogP contribution in [-0.4, -0.2) is 30.9 Å². The van der Waals surface area contributed by atoms with E-state index in [2.05, 4.69) is 12.2 Å². The number of nitrogens with zero attached hydrogens (tertiary/aromatic N) is 1. The minimum absolute atomic E-state index is 0. The predicted octanol–water partition coefficient (Wildman–Crippen LogP) is 3.75. The molecule has 0 spiro atoms. The van der Waals surface area contributed by atoms with Crippen LogP contribution in [-0.2, 0) is 11.3 Å². The lowest BCUT2D eigenvalue weighted by Gasteiger charge is -2.29. The summed E-state index contributed by atoms with van der Waals surface area (Å²) < 4.78 is 0. The van der Waals surface area contributed by atoms with Gasteiger partial charge in [0.05, 0.1) is 0 Å². The van der Waals surface area contributed by atoms with Crippen LogP contribution in [0.2, 0.25) is 5.02 Å². The van der Waals surface area contributed by atoms with Gasteiger partial charge in [-0.3, -0.25) is 4.79 Å². The van der Waals surface area contributed by atoms with E-state index in [1.807, 2.05) is 31.3 Å². The van der Waals surface area contributed by atoms with Gasteiger partial charge in [-0.05, 0) is 49.4 Å². The fourth-order valence-electron chi connectivity index (χ4n) is 2.93. The lowest BCUT2D eigenvalue weighted by molar-refractivity contribution is -0.131. The van der Waals surface area contributed by atoms with E-state index in [0.29, 0.717) is 24.8 Å². The van der Waals surface area contributed by atoms with E-state index in [4.69, 9.17) is 11.6 Å². The molecule has 2 rings (SSSR count). The molecule has 2 unspecified atom stereocenters. The van der Waals surface area contributed by atoms with Crippen LogP contribution in [0.4, 0.5) is 0 Å². The summed E-state index contributed by atoms with van der Waals surface area (Å²) in [7, 11) is 1.86. The average Bonchev–Trinajstić information content (AvgIpc) is 2.50. The summed E-state index contributed by atoms with van der Waals surface area (Å²) in [6.07, 6.45) is 3.07. The Hall–Kier alpha value is -0.770. The van der Waals surface area contributed by atoms with Crippen molar-refractivity contribution in [1.29, 1.82) is 0 Å². The summed E-state index contributed by atoms with van der Waals surface area (Å²) in [5, 5.41) is 4.15. The predicted molar refractivity (Wildman–Crippen MR) is 94.5 cm³/mol. The molecule has 0 radical (unpaired) electrons. The van der Waals surface area contributed by atoms with Crippen LogP contribution in [0, 0.1) is 11.8 Å². The van der Waals surface area contributed by atoms with Gasteiger partial charge in [-0.2, -0.15) is 0 Å². The standard InChI is InChI=1S/C17H25ClN2O.ClH/c1-13(14-7-5-9-19-11-14)10-17(21)20(2)12-15-6-3-4-8-16(15)18;/h3-4,6,8,13-14,19H,5,7,9-12H2,1-2H3;1H. The van der Waals surface area contributed by atoms with Crippen molar-refractivity contribution in [2.75, 3.05) is 20.1 Å². The van der Waals surface area contributed by atoms with E-state index < -0.39 is 0 Å². The molecule has 0 aliphatic carbocycles. The summed E-state index contributed by atoms with van der Waals surface area (Å²) in [6.45, 7) is 4.93. The summed E-state index contributed by atoms with van der Waals surface area (Å²) in [5.41, 5.74) is 1.00. The molecule has 124 valence electrons. The Labute approximate surface area is 144 Å². The molecule has 0 bridgehead atoms. The third-order valence-corrected chi connectivity index (χ3v) is 4.80. The molecule has 1 heterocycles. The number of benzene rings is 1. The molecular weight excluding hydrogens is 319 g/mol. The number of halogens is 2. The van der Waals surface area contributed by atoms with E-state index in [9.17, 15) is 4.79 Å². The minimum atomic E-state index is 0. The van der Waals surface area contributed by atoms with Crippen LogP contribution in [0.15, 0.2) is 24.3 Å². The van der Waals surface area contributed by atoms with Crippen molar-refractivity contribution >= 4 is 29.9 Å². The van der Waals surface area contributed by atoms with Crippen molar-refractivity contribution in [3.05, 3.63) is 34.9 Å². The maximum absolute atomic E-state index is 12.4. The largest absolute Gasteiger partial charge is 0.341 e. The Kier molecular flexibility index (Phi) is 8.23. The normalized spacial score (nSPS) is 19.1. The summed E-state index contributed by atoms with van der Waals surface area (Å²) in [4.78, 5) is 14.2. The second-order valence-corrected chi connectivity index (χ2v) is 6.54. The highest BCUT2D eigenvalue weighted by atomic mass is 35.5. The highest BCUT2D eigenvalue weighted by Gasteiger charge is 2.23. The van der Waals surface area contributed by atoms with Crippen molar-refractivity contribution in [2.45, 2.75) is 32.7 Å². The van der Waals surface area contributed by atoms with Crippen molar-refractivity contribution in [3.8, 4) is 0 Å². The number of amides is 1. The SMILES string of the molecule is CC(CC(=O)N(C)Cc1ccccc1Cl)C1CCCNC1.Cl. The maximum atomic E-state index is 12.4. The highest BCUT2D eigenvalue weighted by molar-refractivity contribution is 6.31. The van der Waals surface area contributed by atoms with Gasteiger partial charge in [0.1, 0.15) is 0 Å². The van der Waals surface area contributed by atoms with Crippen molar-refractivity contribution < 1.29 is 4.79 Å². The van der Waals surface area contributed by atoms with Crippen molar-refractivity contribution in [3.63, 3.8) is 0 Å². The summed E-state index contributed by atoms with van der Waals surface area (Å²) in [5.74, 6) is 1.25. The molecule has 22 heavy (non-hydrogen) atoms.